The smallest absolute Gasteiger partial charge is 0.0903 e. The van der Waals surface area contributed by atoms with Gasteiger partial charge in [0.25, 0.3) is 0 Å². The molecule has 10 heavy (non-hydrogen) atoms. The molecule has 1 aromatic heterocycles. The third kappa shape index (κ3) is 1.72. The Morgan fingerprint density at radius 2 is 2.10 bits per heavy atom. The molecule has 0 fully saturated rings. The molecule has 0 atom stereocenters. The molecule has 0 aromatic carbocycles. The SMILES string of the molecule is CS(C)(N)c1ccccn1. The van der Waals surface area contributed by atoms with Crippen LogP contribution in [-0.2, 0) is 0 Å². The Bertz CT molecular complexity index is 203. The first-order valence-corrected chi connectivity index (χ1v) is 5.54. The van der Waals surface area contributed by atoms with Crippen molar-refractivity contribution in [2.75, 3.05) is 12.5 Å². The lowest BCUT2D eigenvalue weighted by molar-refractivity contribution is 1.12. The van der Waals surface area contributed by atoms with Crippen LogP contribution >= 0.6 is 10.2 Å². The van der Waals surface area contributed by atoms with Crippen molar-refractivity contribution in [2.24, 2.45) is 5.14 Å². The number of nitrogens with two attached hydrogens (primary N) is 1. The Balaban J connectivity index is 2.97. The van der Waals surface area contributed by atoms with Crippen molar-refractivity contribution in [2.45, 2.75) is 5.03 Å². The van der Waals surface area contributed by atoms with Crippen LogP contribution in [0.2, 0.25) is 0 Å². The summed E-state index contributed by atoms with van der Waals surface area (Å²) in [5.41, 5.74) is 0. The Morgan fingerprint density at radius 3 is 2.40 bits per heavy atom. The molecule has 2 N–H and O–H groups in total. The monoisotopic (exact) mass is 156 g/mol. The van der Waals surface area contributed by atoms with Gasteiger partial charge in [-0.25, -0.2) is 0 Å². The fourth-order valence-corrected chi connectivity index (χ4v) is 1.42. The summed E-state index contributed by atoms with van der Waals surface area (Å²) >= 11 is 0. The average molecular weight is 156 g/mol. The van der Waals surface area contributed by atoms with Crippen LogP contribution in [0.4, 0.5) is 0 Å². The minimum atomic E-state index is -1.11. The van der Waals surface area contributed by atoms with E-state index in [1.165, 1.54) is 0 Å². The summed E-state index contributed by atoms with van der Waals surface area (Å²) in [6.07, 6.45) is 5.82. The summed E-state index contributed by atoms with van der Waals surface area (Å²) in [5, 5.41) is 6.89. The molecule has 3 heteroatoms. The van der Waals surface area contributed by atoms with Crippen LogP contribution in [0.3, 0.4) is 0 Å². The number of rotatable bonds is 1. The number of hydrogen-bond donors (Lipinski definition) is 1. The van der Waals surface area contributed by atoms with Gasteiger partial charge in [-0.2, -0.15) is 10.2 Å². The maximum Gasteiger partial charge on any atom is 0.0903 e. The van der Waals surface area contributed by atoms with Crippen LogP contribution in [0.5, 0.6) is 0 Å². The molecular formula is C7H12N2S. The van der Waals surface area contributed by atoms with Gasteiger partial charge in [0.05, 0.1) is 5.03 Å². The normalized spacial score (nSPS) is 13.1. The molecule has 1 rings (SSSR count). The first-order valence-electron chi connectivity index (χ1n) is 3.03. The summed E-state index contributed by atoms with van der Waals surface area (Å²) in [5.74, 6) is 0. The first-order chi connectivity index (χ1) is 4.61. The zero-order chi connectivity index (χ0) is 7.61. The second-order valence-electron chi connectivity index (χ2n) is 2.57. The third-order valence-electron chi connectivity index (χ3n) is 1.18. The van der Waals surface area contributed by atoms with Crippen molar-refractivity contribution < 1.29 is 0 Å². The van der Waals surface area contributed by atoms with E-state index in [9.17, 15) is 0 Å². The second kappa shape index (κ2) is 2.60. The van der Waals surface area contributed by atoms with Crippen molar-refractivity contribution in [3.05, 3.63) is 24.4 Å². The molecular weight excluding hydrogens is 144 g/mol. The summed E-state index contributed by atoms with van der Waals surface area (Å²) in [6, 6.07) is 5.83. The van der Waals surface area contributed by atoms with Gasteiger partial charge in [0.2, 0.25) is 0 Å². The number of hydrogen-bond acceptors (Lipinski definition) is 2. The molecule has 0 unspecified atom stereocenters. The van der Waals surface area contributed by atoms with Gasteiger partial charge in [0, 0.05) is 6.20 Å². The van der Waals surface area contributed by atoms with Crippen LogP contribution in [0, 0.1) is 0 Å². The number of aromatic nitrogens is 1. The van der Waals surface area contributed by atoms with Gasteiger partial charge < -0.3 is 0 Å². The molecule has 0 aliphatic rings. The Hall–Kier alpha value is -0.540. The lowest BCUT2D eigenvalue weighted by atomic mass is 10.5. The maximum atomic E-state index is 5.88. The molecule has 0 aliphatic heterocycles. The van der Waals surface area contributed by atoms with Crippen LogP contribution in [0.25, 0.3) is 0 Å². The van der Waals surface area contributed by atoms with Crippen molar-refractivity contribution in [1.29, 1.82) is 0 Å². The largest absolute Gasteiger partial charge is 0.290 e. The van der Waals surface area contributed by atoms with E-state index < -0.39 is 10.2 Å². The molecule has 0 saturated carbocycles. The van der Waals surface area contributed by atoms with Crippen LogP contribution < -0.4 is 5.14 Å². The molecule has 0 saturated heterocycles. The molecule has 0 bridgehead atoms. The van der Waals surface area contributed by atoms with E-state index in [-0.39, 0.29) is 0 Å². The summed E-state index contributed by atoms with van der Waals surface area (Å²) in [6.45, 7) is 0. The van der Waals surface area contributed by atoms with Crippen LogP contribution in [-0.4, -0.2) is 17.5 Å². The van der Waals surface area contributed by atoms with E-state index in [1.807, 2.05) is 30.7 Å². The predicted octanol–water partition coefficient (Wildman–Crippen LogP) is 1.38. The van der Waals surface area contributed by atoms with Gasteiger partial charge in [0.1, 0.15) is 0 Å². The maximum absolute atomic E-state index is 5.88. The van der Waals surface area contributed by atoms with E-state index in [2.05, 4.69) is 4.98 Å². The highest BCUT2D eigenvalue weighted by Gasteiger charge is 2.07. The minimum absolute atomic E-state index is 1.01. The Labute approximate surface area is 62.9 Å². The highest BCUT2D eigenvalue weighted by atomic mass is 32.3. The van der Waals surface area contributed by atoms with Crippen molar-refractivity contribution >= 4 is 10.2 Å². The summed E-state index contributed by atoms with van der Waals surface area (Å²) < 4.78 is 0. The van der Waals surface area contributed by atoms with E-state index in [0.717, 1.165) is 5.03 Å². The Kier molecular flexibility index (Phi) is 1.97. The highest BCUT2D eigenvalue weighted by Crippen LogP contribution is 2.38. The molecule has 2 nitrogen and oxygen atoms in total. The minimum Gasteiger partial charge on any atom is -0.290 e. The fraction of sp³-hybridized carbons (Fsp3) is 0.286. The van der Waals surface area contributed by atoms with Gasteiger partial charge >= 0.3 is 0 Å². The third-order valence-corrected chi connectivity index (χ3v) is 2.50. The van der Waals surface area contributed by atoms with Crippen LogP contribution in [0.1, 0.15) is 0 Å². The van der Waals surface area contributed by atoms with Gasteiger partial charge in [0.15, 0.2) is 0 Å². The first kappa shape index (κ1) is 7.57. The lowest BCUT2D eigenvalue weighted by Gasteiger charge is -2.23. The van der Waals surface area contributed by atoms with Gasteiger partial charge in [-0.3, -0.25) is 10.1 Å². The highest BCUT2D eigenvalue weighted by molar-refractivity contribution is 8.30. The zero-order valence-corrected chi connectivity index (χ0v) is 7.06. The Morgan fingerprint density at radius 1 is 1.40 bits per heavy atom. The molecule has 56 valence electrons. The predicted molar refractivity (Wildman–Crippen MR) is 46.1 cm³/mol. The van der Waals surface area contributed by atoms with E-state index >= 15 is 0 Å². The topological polar surface area (TPSA) is 38.9 Å². The van der Waals surface area contributed by atoms with Crippen LogP contribution in [0.15, 0.2) is 29.4 Å². The summed E-state index contributed by atoms with van der Waals surface area (Å²) in [4.78, 5) is 4.16. The standard InChI is InChI=1S/C7H12N2S/c1-10(2,8)7-5-3-4-6-9-7/h3-6H,8H2,1-2H3. The second-order valence-corrected chi connectivity index (χ2v) is 5.80. The molecule has 0 amide bonds. The molecule has 1 heterocycles. The van der Waals surface area contributed by atoms with Crippen molar-refractivity contribution in [1.82, 2.24) is 4.98 Å². The molecule has 0 spiro atoms. The molecule has 0 radical (unpaired) electrons. The lowest BCUT2D eigenvalue weighted by Crippen LogP contribution is -2.07. The van der Waals surface area contributed by atoms with Gasteiger partial charge in [-0.15, -0.1) is 0 Å². The number of pyridine rings is 1. The van der Waals surface area contributed by atoms with Crippen molar-refractivity contribution in [3.8, 4) is 0 Å². The van der Waals surface area contributed by atoms with E-state index in [4.69, 9.17) is 5.14 Å². The van der Waals surface area contributed by atoms with Crippen molar-refractivity contribution in [3.63, 3.8) is 0 Å². The van der Waals surface area contributed by atoms with Gasteiger partial charge in [-0.05, 0) is 24.6 Å². The van der Waals surface area contributed by atoms with Gasteiger partial charge in [-0.1, -0.05) is 6.07 Å². The quantitative estimate of drug-likeness (QED) is 0.667. The molecule has 1 aromatic rings. The average Bonchev–Trinajstić information content (AvgIpc) is 1.88. The zero-order valence-electron chi connectivity index (χ0n) is 6.24. The fourth-order valence-electron chi connectivity index (χ4n) is 0.658. The van der Waals surface area contributed by atoms with E-state index in [1.54, 1.807) is 6.20 Å². The van der Waals surface area contributed by atoms with E-state index in [0.29, 0.717) is 0 Å². The molecule has 0 aliphatic carbocycles. The summed E-state index contributed by atoms with van der Waals surface area (Å²) in [7, 11) is -1.11. The number of nitrogens with zero attached hydrogens (tertiary/aromatic N) is 1.